The molecule has 0 saturated carbocycles. The maximum absolute atomic E-state index is 4.62. The second-order valence-corrected chi connectivity index (χ2v) is 4.19. The maximum Gasteiger partial charge on any atom is 0.158 e. The molecule has 2 aromatic heterocycles. The molecule has 2 heterocycles. The lowest BCUT2D eigenvalue weighted by Crippen LogP contribution is -1.93. The number of aryl methyl sites for hydroxylation is 2. The minimum Gasteiger partial charge on any atom is -0.303 e. The quantitative estimate of drug-likeness (QED) is 0.634. The van der Waals surface area contributed by atoms with Crippen molar-refractivity contribution in [1.82, 2.24) is 14.4 Å². The number of rotatable bonds is 1. The van der Waals surface area contributed by atoms with Crippen molar-refractivity contribution in [2.75, 3.05) is 0 Å². The molecule has 0 fully saturated rings. The average molecular weight is 223 g/mol. The van der Waals surface area contributed by atoms with Gasteiger partial charge in [-0.1, -0.05) is 30.3 Å². The van der Waals surface area contributed by atoms with E-state index >= 15 is 0 Å². The summed E-state index contributed by atoms with van der Waals surface area (Å²) in [6.45, 7) is 3.98. The van der Waals surface area contributed by atoms with Crippen molar-refractivity contribution < 1.29 is 0 Å². The molecule has 0 saturated heterocycles. The molecule has 3 heteroatoms. The highest BCUT2D eigenvalue weighted by Crippen LogP contribution is 2.19. The molecular formula is C14H13N3. The fourth-order valence-electron chi connectivity index (χ4n) is 2.05. The molecule has 0 N–H and O–H groups in total. The number of nitrogens with zero attached hydrogens (tertiary/aromatic N) is 3. The molecule has 0 unspecified atom stereocenters. The zero-order valence-corrected chi connectivity index (χ0v) is 9.88. The van der Waals surface area contributed by atoms with E-state index in [1.807, 2.05) is 48.8 Å². The van der Waals surface area contributed by atoms with E-state index in [1.54, 1.807) is 0 Å². The Kier molecular flexibility index (Phi) is 2.18. The Hall–Kier alpha value is -2.16. The van der Waals surface area contributed by atoms with Gasteiger partial charge in [0.1, 0.15) is 0 Å². The third-order valence-electron chi connectivity index (χ3n) is 2.80. The Labute approximate surface area is 99.8 Å². The van der Waals surface area contributed by atoms with E-state index < -0.39 is 0 Å². The van der Waals surface area contributed by atoms with E-state index in [4.69, 9.17) is 0 Å². The second-order valence-electron chi connectivity index (χ2n) is 4.19. The van der Waals surface area contributed by atoms with Gasteiger partial charge in [0.15, 0.2) is 5.65 Å². The van der Waals surface area contributed by atoms with Crippen molar-refractivity contribution in [2.24, 2.45) is 0 Å². The Morgan fingerprint density at radius 2 is 1.71 bits per heavy atom. The van der Waals surface area contributed by atoms with Gasteiger partial charge in [0.05, 0.1) is 17.1 Å². The van der Waals surface area contributed by atoms with Gasteiger partial charge < -0.3 is 4.40 Å². The molecule has 0 aliphatic heterocycles. The monoisotopic (exact) mass is 223 g/mol. The van der Waals surface area contributed by atoms with Gasteiger partial charge in [0.25, 0.3) is 0 Å². The predicted molar refractivity (Wildman–Crippen MR) is 67.9 cm³/mol. The van der Waals surface area contributed by atoms with Crippen LogP contribution in [0.5, 0.6) is 0 Å². The van der Waals surface area contributed by atoms with Crippen LogP contribution < -0.4 is 0 Å². The highest BCUT2D eigenvalue weighted by Gasteiger charge is 2.06. The number of imidazole rings is 1. The molecule has 3 rings (SSSR count). The first-order valence-corrected chi connectivity index (χ1v) is 5.62. The predicted octanol–water partition coefficient (Wildman–Crippen LogP) is 3.01. The number of aromatic nitrogens is 3. The van der Waals surface area contributed by atoms with Crippen LogP contribution in [0.2, 0.25) is 0 Å². The third kappa shape index (κ3) is 1.69. The van der Waals surface area contributed by atoms with Gasteiger partial charge >= 0.3 is 0 Å². The minimum absolute atomic E-state index is 0.925. The molecule has 3 nitrogen and oxygen atoms in total. The Morgan fingerprint density at radius 3 is 2.47 bits per heavy atom. The Morgan fingerprint density at radius 1 is 0.941 bits per heavy atom. The molecule has 0 atom stereocenters. The topological polar surface area (TPSA) is 30.2 Å². The number of hydrogen-bond donors (Lipinski definition) is 0. The van der Waals surface area contributed by atoms with Crippen LogP contribution in [0.3, 0.4) is 0 Å². The van der Waals surface area contributed by atoms with E-state index in [2.05, 4.69) is 22.1 Å². The lowest BCUT2D eigenvalue weighted by Gasteiger charge is -1.98. The summed E-state index contributed by atoms with van der Waals surface area (Å²) in [5, 5.41) is 0. The van der Waals surface area contributed by atoms with Crippen LogP contribution in [-0.4, -0.2) is 14.4 Å². The number of fused-ring (bicyclic) bond motifs is 1. The molecule has 1 aromatic carbocycles. The summed E-state index contributed by atoms with van der Waals surface area (Å²) in [7, 11) is 0. The largest absolute Gasteiger partial charge is 0.303 e. The fourth-order valence-corrected chi connectivity index (χ4v) is 2.05. The molecule has 0 radical (unpaired) electrons. The van der Waals surface area contributed by atoms with Gasteiger partial charge in [-0.2, -0.15) is 0 Å². The zero-order valence-electron chi connectivity index (χ0n) is 9.88. The molecule has 0 aliphatic carbocycles. The maximum atomic E-state index is 4.62. The first-order valence-electron chi connectivity index (χ1n) is 5.62. The van der Waals surface area contributed by atoms with Crippen LogP contribution in [0.25, 0.3) is 16.9 Å². The van der Waals surface area contributed by atoms with Crippen molar-refractivity contribution in [3.8, 4) is 11.3 Å². The smallest absolute Gasteiger partial charge is 0.158 e. The van der Waals surface area contributed by atoms with Gasteiger partial charge in [-0.05, 0) is 13.8 Å². The van der Waals surface area contributed by atoms with Crippen molar-refractivity contribution >= 4 is 5.65 Å². The first-order chi connectivity index (χ1) is 8.24. The lowest BCUT2D eigenvalue weighted by molar-refractivity contribution is 1.03. The zero-order chi connectivity index (χ0) is 11.8. The summed E-state index contributed by atoms with van der Waals surface area (Å²) in [6, 6.07) is 10.2. The van der Waals surface area contributed by atoms with Crippen LogP contribution in [-0.2, 0) is 0 Å². The molecule has 0 aliphatic rings. The average Bonchev–Trinajstić information content (AvgIpc) is 2.74. The molecular weight excluding hydrogens is 210 g/mol. The van der Waals surface area contributed by atoms with Gasteiger partial charge in [-0.25, -0.2) is 4.98 Å². The van der Waals surface area contributed by atoms with Gasteiger partial charge in [-0.3, -0.25) is 4.98 Å². The fraction of sp³-hybridized carbons (Fsp3) is 0.143. The van der Waals surface area contributed by atoms with Crippen LogP contribution >= 0.6 is 0 Å². The molecule has 3 aromatic rings. The molecule has 0 spiro atoms. The number of benzene rings is 1. The number of hydrogen-bond acceptors (Lipinski definition) is 2. The van der Waals surface area contributed by atoms with Crippen LogP contribution in [0, 0.1) is 13.8 Å². The van der Waals surface area contributed by atoms with Gasteiger partial charge in [0, 0.05) is 18.0 Å². The van der Waals surface area contributed by atoms with Crippen molar-refractivity contribution in [3.05, 3.63) is 54.1 Å². The van der Waals surface area contributed by atoms with E-state index in [0.29, 0.717) is 0 Å². The van der Waals surface area contributed by atoms with Gasteiger partial charge in [0.2, 0.25) is 0 Å². The van der Waals surface area contributed by atoms with Crippen LogP contribution in [0.15, 0.2) is 42.7 Å². The van der Waals surface area contributed by atoms with E-state index in [1.165, 1.54) is 0 Å². The normalized spacial score (nSPS) is 10.9. The molecule has 0 amide bonds. The summed E-state index contributed by atoms with van der Waals surface area (Å²) in [6.07, 6.45) is 4.05. The summed E-state index contributed by atoms with van der Waals surface area (Å²) in [5.41, 5.74) is 5.02. The SMILES string of the molecule is Cc1cn2cc(-c3ccccc3)nc2c(C)n1. The van der Waals surface area contributed by atoms with Crippen LogP contribution in [0.4, 0.5) is 0 Å². The van der Waals surface area contributed by atoms with E-state index in [0.717, 1.165) is 28.3 Å². The Balaban J connectivity index is 2.24. The van der Waals surface area contributed by atoms with Crippen molar-refractivity contribution in [1.29, 1.82) is 0 Å². The standard InChI is InChI=1S/C14H13N3/c1-10-8-17-9-13(12-6-4-3-5-7-12)16-14(17)11(2)15-10/h3-9H,1-2H3. The molecule has 84 valence electrons. The van der Waals surface area contributed by atoms with Crippen molar-refractivity contribution in [3.63, 3.8) is 0 Å². The summed E-state index contributed by atoms with van der Waals surface area (Å²) in [5.74, 6) is 0. The molecule has 0 bridgehead atoms. The van der Waals surface area contributed by atoms with Crippen LogP contribution in [0.1, 0.15) is 11.4 Å². The second kappa shape index (κ2) is 3.70. The Bertz CT molecular complexity index is 669. The van der Waals surface area contributed by atoms with E-state index in [-0.39, 0.29) is 0 Å². The minimum atomic E-state index is 0.925. The summed E-state index contributed by atoms with van der Waals surface area (Å²) in [4.78, 5) is 9.05. The summed E-state index contributed by atoms with van der Waals surface area (Å²) >= 11 is 0. The van der Waals surface area contributed by atoms with Gasteiger partial charge in [-0.15, -0.1) is 0 Å². The third-order valence-corrected chi connectivity index (χ3v) is 2.80. The first kappa shape index (κ1) is 10.0. The van der Waals surface area contributed by atoms with Crippen molar-refractivity contribution in [2.45, 2.75) is 13.8 Å². The summed E-state index contributed by atoms with van der Waals surface area (Å²) < 4.78 is 2.04. The lowest BCUT2D eigenvalue weighted by atomic mass is 10.2. The highest BCUT2D eigenvalue weighted by molar-refractivity contribution is 5.63. The molecule has 17 heavy (non-hydrogen) atoms. The van der Waals surface area contributed by atoms with E-state index in [9.17, 15) is 0 Å². The highest BCUT2D eigenvalue weighted by atomic mass is 15.0.